The number of amides is 1. The Labute approximate surface area is 117 Å². The summed E-state index contributed by atoms with van der Waals surface area (Å²) >= 11 is 1.61. The van der Waals surface area contributed by atoms with E-state index in [2.05, 4.69) is 5.32 Å². The first kappa shape index (κ1) is 13.4. The highest BCUT2D eigenvalue weighted by atomic mass is 32.2. The van der Waals surface area contributed by atoms with E-state index in [0.717, 1.165) is 16.1 Å². The predicted molar refractivity (Wildman–Crippen MR) is 82.3 cm³/mol. The molecule has 2 rings (SSSR count). The molecule has 96 valence electrons. The van der Waals surface area contributed by atoms with Crippen LogP contribution in [-0.4, -0.2) is 12.2 Å². The SMILES string of the molecule is CSc1ccccc1NC(=O)C=Cc1ccccc1. The van der Waals surface area contributed by atoms with Crippen molar-refractivity contribution in [1.29, 1.82) is 0 Å². The second-order valence-electron chi connectivity index (χ2n) is 3.93. The van der Waals surface area contributed by atoms with Crippen molar-refractivity contribution in [1.82, 2.24) is 0 Å². The maximum atomic E-state index is 11.8. The standard InChI is InChI=1S/C16H15NOS/c1-19-15-10-6-5-9-14(15)17-16(18)12-11-13-7-3-2-4-8-13/h2-12H,1H3,(H,17,18). The highest BCUT2D eigenvalue weighted by Gasteiger charge is 2.02. The Morgan fingerprint density at radius 2 is 1.74 bits per heavy atom. The van der Waals surface area contributed by atoms with Gasteiger partial charge in [-0.15, -0.1) is 11.8 Å². The lowest BCUT2D eigenvalue weighted by Crippen LogP contribution is -2.08. The van der Waals surface area contributed by atoms with Crippen LogP contribution in [0.3, 0.4) is 0 Å². The van der Waals surface area contributed by atoms with E-state index in [1.807, 2.05) is 60.9 Å². The Morgan fingerprint density at radius 3 is 2.47 bits per heavy atom. The Bertz CT molecular complexity index is 578. The number of anilines is 1. The van der Waals surface area contributed by atoms with Crippen LogP contribution < -0.4 is 5.32 Å². The fourth-order valence-corrected chi connectivity index (χ4v) is 2.21. The molecule has 3 heteroatoms. The fourth-order valence-electron chi connectivity index (χ4n) is 1.66. The average Bonchev–Trinajstić information content (AvgIpc) is 2.47. The summed E-state index contributed by atoms with van der Waals surface area (Å²) < 4.78 is 0. The van der Waals surface area contributed by atoms with Crippen LogP contribution in [0.1, 0.15) is 5.56 Å². The van der Waals surface area contributed by atoms with Gasteiger partial charge in [-0.2, -0.15) is 0 Å². The minimum Gasteiger partial charge on any atom is -0.321 e. The van der Waals surface area contributed by atoms with Gasteiger partial charge in [-0.1, -0.05) is 42.5 Å². The van der Waals surface area contributed by atoms with Gasteiger partial charge in [-0.05, 0) is 30.0 Å². The summed E-state index contributed by atoms with van der Waals surface area (Å²) in [5.74, 6) is -0.120. The molecule has 0 spiro atoms. The molecule has 0 fully saturated rings. The molecule has 0 aromatic heterocycles. The number of benzene rings is 2. The minimum atomic E-state index is -0.120. The number of rotatable bonds is 4. The molecule has 0 atom stereocenters. The van der Waals surface area contributed by atoms with Gasteiger partial charge < -0.3 is 5.32 Å². The molecule has 2 nitrogen and oxygen atoms in total. The maximum Gasteiger partial charge on any atom is 0.248 e. The lowest BCUT2D eigenvalue weighted by atomic mass is 10.2. The summed E-state index contributed by atoms with van der Waals surface area (Å²) in [6.07, 6.45) is 5.34. The zero-order chi connectivity index (χ0) is 13.5. The molecule has 0 saturated heterocycles. The van der Waals surface area contributed by atoms with Crippen molar-refractivity contribution >= 4 is 29.4 Å². The molecule has 19 heavy (non-hydrogen) atoms. The van der Waals surface area contributed by atoms with E-state index in [4.69, 9.17) is 0 Å². The molecular formula is C16H15NOS. The number of carbonyl (C=O) groups is 1. The van der Waals surface area contributed by atoms with Crippen LogP contribution >= 0.6 is 11.8 Å². The number of carbonyl (C=O) groups excluding carboxylic acids is 1. The normalized spacial score (nSPS) is 10.6. The van der Waals surface area contributed by atoms with Gasteiger partial charge in [0.1, 0.15) is 0 Å². The number of thioether (sulfide) groups is 1. The summed E-state index contributed by atoms with van der Waals surface area (Å²) in [4.78, 5) is 12.9. The van der Waals surface area contributed by atoms with Gasteiger partial charge in [-0.3, -0.25) is 4.79 Å². The van der Waals surface area contributed by atoms with Gasteiger partial charge in [0.2, 0.25) is 5.91 Å². The molecular weight excluding hydrogens is 254 g/mol. The van der Waals surface area contributed by atoms with Crippen LogP contribution in [0, 0.1) is 0 Å². The zero-order valence-corrected chi connectivity index (χ0v) is 11.5. The Kier molecular flexibility index (Phi) is 4.81. The topological polar surface area (TPSA) is 29.1 Å². The molecule has 0 radical (unpaired) electrons. The Balaban J connectivity index is 2.04. The van der Waals surface area contributed by atoms with Crippen LogP contribution in [0.15, 0.2) is 65.6 Å². The van der Waals surface area contributed by atoms with E-state index >= 15 is 0 Å². The van der Waals surface area contributed by atoms with E-state index in [1.165, 1.54) is 0 Å². The smallest absolute Gasteiger partial charge is 0.248 e. The molecule has 0 bridgehead atoms. The van der Waals surface area contributed by atoms with Crippen molar-refractivity contribution in [3.8, 4) is 0 Å². The molecule has 0 heterocycles. The lowest BCUT2D eigenvalue weighted by Gasteiger charge is -2.06. The first-order valence-electron chi connectivity index (χ1n) is 5.97. The van der Waals surface area contributed by atoms with Crippen molar-refractivity contribution in [2.24, 2.45) is 0 Å². The van der Waals surface area contributed by atoms with Crippen molar-refractivity contribution < 1.29 is 4.79 Å². The molecule has 2 aromatic carbocycles. The van der Waals surface area contributed by atoms with Gasteiger partial charge in [0.05, 0.1) is 5.69 Å². The van der Waals surface area contributed by atoms with Gasteiger partial charge in [-0.25, -0.2) is 0 Å². The molecule has 0 saturated carbocycles. The molecule has 0 unspecified atom stereocenters. The van der Waals surface area contributed by atoms with E-state index in [-0.39, 0.29) is 5.91 Å². The van der Waals surface area contributed by atoms with Crippen molar-refractivity contribution in [3.05, 3.63) is 66.2 Å². The second kappa shape index (κ2) is 6.81. The second-order valence-corrected chi connectivity index (χ2v) is 4.78. The van der Waals surface area contributed by atoms with Crippen LogP contribution in [0.2, 0.25) is 0 Å². The van der Waals surface area contributed by atoms with Crippen LogP contribution in [0.5, 0.6) is 0 Å². The van der Waals surface area contributed by atoms with Gasteiger partial charge in [0.25, 0.3) is 0 Å². The molecule has 1 N–H and O–H groups in total. The Morgan fingerprint density at radius 1 is 1.05 bits per heavy atom. The molecule has 0 aliphatic rings. The zero-order valence-electron chi connectivity index (χ0n) is 10.7. The molecule has 0 aliphatic carbocycles. The predicted octanol–water partition coefficient (Wildman–Crippen LogP) is 4.06. The van der Waals surface area contributed by atoms with E-state index in [1.54, 1.807) is 23.9 Å². The minimum absolute atomic E-state index is 0.120. The summed E-state index contributed by atoms with van der Waals surface area (Å²) in [6, 6.07) is 17.5. The number of para-hydroxylation sites is 1. The van der Waals surface area contributed by atoms with Gasteiger partial charge in [0, 0.05) is 11.0 Å². The highest BCUT2D eigenvalue weighted by molar-refractivity contribution is 7.98. The van der Waals surface area contributed by atoms with Crippen molar-refractivity contribution in [3.63, 3.8) is 0 Å². The van der Waals surface area contributed by atoms with Crippen LogP contribution in [0.25, 0.3) is 6.08 Å². The quantitative estimate of drug-likeness (QED) is 0.670. The number of nitrogens with one attached hydrogen (secondary N) is 1. The summed E-state index contributed by atoms with van der Waals surface area (Å²) in [5.41, 5.74) is 1.86. The van der Waals surface area contributed by atoms with Crippen molar-refractivity contribution in [2.45, 2.75) is 4.90 Å². The Hall–Kier alpha value is -2.00. The van der Waals surface area contributed by atoms with Gasteiger partial charge >= 0.3 is 0 Å². The fraction of sp³-hybridized carbons (Fsp3) is 0.0625. The van der Waals surface area contributed by atoms with E-state index in [0.29, 0.717) is 0 Å². The molecule has 1 amide bonds. The maximum absolute atomic E-state index is 11.8. The third-order valence-corrected chi connectivity index (χ3v) is 3.39. The van der Waals surface area contributed by atoms with Crippen LogP contribution in [0.4, 0.5) is 5.69 Å². The summed E-state index contributed by atoms with van der Waals surface area (Å²) in [7, 11) is 0. The number of hydrogen-bond donors (Lipinski definition) is 1. The van der Waals surface area contributed by atoms with E-state index < -0.39 is 0 Å². The third-order valence-electron chi connectivity index (χ3n) is 2.59. The largest absolute Gasteiger partial charge is 0.321 e. The molecule has 2 aromatic rings. The molecule has 0 aliphatic heterocycles. The lowest BCUT2D eigenvalue weighted by molar-refractivity contribution is -0.111. The van der Waals surface area contributed by atoms with Crippen molar-refractivity contribution in [2.75, 3.05) is 11.6 Å². The monoisotopic (exact) mass is 269 g/mol. The first-order valence-corrected chi connectivity index (χ1v) is 7.19. The third kappa shape index (κ3) is 4.00. The first-order chi connectivity index (χ1) is 9.29. The summed E-state index contributed by atoms with van der Waals surface area (Å²) in [5, 5.41) is 2.89. The van der Waals surface area contributed by atoms with Crippen LogP contribution in [-0.2, 0) is 4.79 Å². The number of hydrogen-bond acceptors (Lipinski definition) is 2. The average molecular weight is 269 g/mol. The van der Waals surface area contributed by atoms with Gasteiger partial charge in [0.15, 0.2) is 0 Å². The summed E-state index contributed by atoms with van der Waals surface area (Å²) in [6.45, 7) is 0. The van der Waals surface area contributed by atoms with E-state index in [9.17, 15) is 4.79 Å². The highest BCUT2D eigenvalue weighted by Crippen LogP contribution is 2.24.